The molecule has 0 unspecified atom stereocenters. The number of anilines is 2. The van der Waals surface area contributed by atoms with E-state index in [1.54, 1.807) is 6.08 Å². The number of fused-ring (bicyclic) bond motifs is 1. The molecule has 1 aliphatic carbocycles. The zero-order valence-electron chi connectivity index (χ0n) is 15.7. The SMILES string of the molecule is CN(C)c1ccc(/C=C(\C#N)C(=O)Nc2sc3c(c2C#N)CCCC3)cc1Br. The first-order valence-electron chi connectivity index (χ1n) is 8.89. The van der Waals surface area contributed by atoms with Gasteiger partial charge < -0.3 is 10.2 Å². The van der Waals surface area contributed by atoms with Crippen LogP contribution in [0.3, 0.4) is 0 Å². The number of carbonyl (C=O) groups is 1. The second kappa shape index (κ2) is 8.60. The van der Waals surface area contributed by atoms with Crippen molar-refractivity contribution in [2.75, 3.05) is 24.3 Å². The second-order valence-corrected chi connectivity index (χ2v) is 8.72. The molecule has 0 fully saturated rings. The number of thiophene rings is 1. The van der Waals surface area contributed by atoms with Crippen LogP contribution < -0.4 is 10.2 Å². The van der Waals surface area contributed by atoms with Crippen molar-refractivity contribution in [2.24, 2.45) is 0 Å². The molecule has 0 aliphatic heterocycles. The van der Waals surface area contributed by atoms with Crippen LogP contribution in [0.1, 0.15) is 34.4 Å². The van der Waals surface area contributed by atoms with Crippen molar-refractivity contribution in [3.05, 3.63) is 49.8 Å². The van der Waals surface area contributed by atoms with Crippen LogP contribution in [0.4, 0.5) is 10.7 Å². The number of hydrogen-bond donors (Lipinski definition) is 1. The lowest BCUT2D eigenvalue weighted by atomic mass is 9.96. The Morgan fingerprint density at radius 1 is 1.29 bits per heavy atom. The van der Waals surface area contributed by atoms with E-state index >= 15 is 0 Å². The molecule has 2 aromatic rings. The van der Waals surface area contributed by atoms with Crippen LogP contribution in [0, 0.1) is 22.7 Å². The molecule has 0 atom stereocenters. The zero-order valence-corrected chi connectivity index (χ0v) is 18.1. The summed E-state index contributed by atoms with van der Waals surface area (Å²) in [6.07, 6.45) is 5.54. The fraction of sp³-hybridized carbons (Fsp3) is 0.286. The maximum Gasteiger partial charge on any atom is 0.266 e. The molecule has 1 N–H and O–H groups in total. The molecule has 1 aliphatic rings. The van der Waals surface area contributed by atoms with Gasteiger partial charge in [0.05, 0.1) is 11.3 Å². The lowest BCUT2D eigenvalue weighted by molar-refractivity contribution is -0.112. The minimum absolute atomic E-state index is 0.000218. The first-order chi connectivity index (χ1) is 13.4. The number of carbonyl (C=O) groups excluding carboxylic acids is 1. The predicted molar refractivity (Wildman–Crippen MR) is 116 cm³/mol. The average Bonchev–Trinajstić information content (AvgIpc) is 3.02. The molecule has 1 aromatic heterocycles. The third kappa shape index (κ3) is 4.11. The highest BCUT2D eigenvalue weighted by Gasteiger charge is 2.22. The summed E-state index contributed by atoms with van der Waals surface area (Å²) in [6, 6.07) is 9.84. The Morgan fingerprint density at radius 3 is 2.68 bits per heavy atom. The second-order valence-electron chi connectivity index (χ2n) is 6.76. The predicted octanol–water partition coefficient (Wildman–Crippen LogP) is 4.87. The molecule has 28 heavy (non-hydrogen) atoms. The smallest absolute Gasteiger partial charge is 0.266 e. The molecular weight excluding hydrogens is 436 g/mol. The van der Waals surface area contributed by atoms with Crippen LogP contribution in [-0.4, -0.2) is 20.0 Å². The van der Waals surface area contributed by atoms with Gasteiger partial charge >= 0.3 is 0 Å². The minimum Gasteiger partial charge on any atom is -0.377 e. The van der Waals surface area contributed by atoms with E-state index in [4.69, 9.17) is 0 Å². The standard InChI is InChI=1S/C21H19BrN4OS/c1-26(2)18-8-7-13(10-17(18)22)9-14(11-23)20(27)25-21-16(12-24)15-5-3-4-6-19(15)28-21/h7-10H,3-6H2,1-2H3,(H,25,27)/b14-9+. The molecule has 0 radical (unpaired) electrons. The lowest BCUT2D eigenvalue weighted by Gasteiger charge is -2.14. The highest BCUT2D eigenvalue weighted by atomic mass is 79.9. The maximum absolute atomic E-state index is 12.7. The quantitative estimate of drug-likeness (QED) is 0.527. The van der Waals surface area contributed by atoms with Crippen molar-refractivity contribution in [3.8, 4) is 12.1 Å². The summed E-state index contributed by atoms with van der Waals surface area (Å²) in [6.45, 7) is 0. The van der Waals surface area contributed by atoms with Gasteiger partial charge in [-0.15, -0.1) is 11.3 Å². The van der Waals surface area contributed by atoms with E-state index in [0.717, 1.165) is 47.0 Å². The summed E-state index contributed by atoms with van der Waals surface area (Å²) in [5.74, 6) is -0.495. The van der Waals surface area contributed by atoms with E-state index in [1.165, 1.54) is 16.2 Å². The summed E-state index contributed by atoms with van der Waals surface area (Å²) < 4.78 is 0.877. The summed E-state index contributed by atoms with van der Waals surface area (Å²) >= 11 is 4.97. The fourth-order valence-corrected chi connectivity index (χ4v) is 5.22. The average molecular weight is 455 g/mol. The van der Waals surface area contributed by atoms with Crippen molar-refractivity contribution in [2.45, 2.75) is 25.7 Å². The Kier molecular flexibility index (Phi) is 6.18. The van der Waals surface area contributed by atoms with Gasteiger partial charge in [0.25, 0.3) is 5.91 Å². The molecule has 5 nitrogen and oxygen atoms in total. The van der Waals surface area contributed by atoms with Crippen molar-refractivity contribution < 1.29 is 4.79 Å². The molecule has 3 rings (SSSR count). The maximum atomic E-state index is 12.7. The molecule has 0 bridgehead atoms. The number of halogens is 1. The Morgan fingerprint density at radius 2 is 2.04 bits per heavy atom. The Labute approximate surface area is 177 Å². The van der Waals surface area contributed by atoms with Gasteiger partial charge in [0.2, 0.25) is 0 Å². The number of aryl methyl sites for hydroxylation is 1. The molecule has 1 heterocycles. The zero-order chi connectivity index (χ0) is 20.3. The molecule has 0 saturated carbocycles. The third-order valence-electron chi connectivity index (χ3n) is 4.64. The molecule has 0 spiro atoms. The number of amides is 1. The number of nitrogens with one attached hydrogen (secondary N) is 1. The number of nitriles is 2. The van der Waals surface area contributed by atoms with E-state index in [1.807, 2.05) is 43.3 Å². The number of nitrogens with zero attached hydrogens (tertiary/aromatic N) is 3. The molecule has 0 saturated heterocycles. The van der Waals surface area contributed by atoms with Crippen LogP contribution in [0.2, 0.25) is 0 Å². The Hall–Kier alpha value is -2.61. The Bertz CT molecular complexity index is 1040. The third-order valence-corrected chi connectivity index (χ3v) is 6.48. The van der Waals surface area contributed by atoms with Crippen LogP contribution >= 0.6 is 27.3 Å². The minimum atomic E-state index is -0.495. The Balaban J connectivity index is 1.86. The van der Waals surface area contributed by atoms with Gasteiger partial charge in [-0.1, -0.05) is 6.07 Å². The van der Waals surface area contributed by atoms with Crippen molar-refractivity contribution >= 4 is 49.9 Å². The first kappa shape index (κ1) is 20.1. The largest absolute Gasteiger partial charge is 0.377 e. The number of hydrogen-bond acceptors (Lipinski definition) is 5. The van der Waals surface area contributed by atoms with Crippen LogP contribution in [0.25, 0.3) is 6.08 Å². The summed E-state index contributed by atoms with van der Waals surface area (Å²) in [7, 11) is 3.88. The van der Waals surface area contributed by atoms with Gasteiger partial charge in [-0.25, -0.2) is 0 Å². The fourth-order valence-electron chi connectivity index (χ4n) is 3.23. The monoisotopic (exact) mass is 454 g/mol. The summed E-state index contributed by atoms with van der Waals surface area (Å²) in [4.78, 5) is 15.8. The van der Waals surface area contributed by atoms with Gasteiger partial charge in [0.1, 0.15) is 22.7 Å². The topological polar surface area (TPSA) is 79.9 Å². The molecule has 1 aromatic carbocycles. The van der Waals surface area contributed by atoms with E-state index in [-0.39, 0.29) is 5.57 Å². The van der Waals surface area contributed by atoms with Gasteiger partial charge in [-0.2, -0.15) is 10.5 Å². The van der Waals surface area contributed by atoms with Gasteiger partial charge in [0.15, 0.2) is 0 Å². The molecule has 7 heteroatoms. The van der Waals surface area contributed by atoms with Crippen LogP contribution in [0.15, 0.2) is 28.2 Å². The van der Waals surface area contributed by atoms with E-state index in [2.05, 4.69) is 27.3 Å². The van der Waals surface area contributed by atoms with Crippen LogP contribution in [-0.2, 0) is 17.6 Å². The first-order valence-corrected chi connectivity index (χ1v) is 10.5. The van der Waals surface area contributed by atoms with Gasteiger partial charge in [-0.05, 0) is 70.9 Å². The van der Waals surface area contributed by atoms with Crippen LogP contribution in [0.5, 0.6) is 0 Å². The highest BCUT2D eigenvalue weighted by Crippen LogP contribution is 2.37. The molecule has 142 valence electrons. The normalized spacial score (nSPS) is 13.2. The van der Waals surface area contributed by atoms with Gasteiger partial charge in [-0.3, -0.25) is 4.79 Å². The van der Waals surface area contributed by atoms with Crippen molar-refractivity contribution in [1.82, 2.24) is 0 Å². The van der Waals surface area contributed by atoms with E-state index < -0.39 is 5.91 Å². The lowest BCUT2D eigenvalue weighted by Crippen LogP contribution is -2.13. The van der Waals surface area contributed by atoms with E-state index in [0.29, 0.717) is 10.6 Å². The summed E-state index contributed by atoms with van der Waals surface area (Å²) in [5, 5.41) is 22.3. The van der Waals surface area contributed by atoms with Crippen molar-refractivity contribution in [1.29, 1.82) is 10.5 Å². The molecular formula is C21H19BrN4OS. The van der Waals surface area contributed by atoms with Crippen molar-refractivity contribution in [3.63, 3.8) is 0 Å². The molecule has 1 amide bonds. The number of rotatable bonds is 4. The summed E-state index contributed by atoms with van der Waals surface area (Å²) in [5.41, 5.74) is 3.35. The van der Waals surface area contributed by atoms with Gasteiger partial charge in [0, 0.05) is 23.4 Å². The van der Waals surface area contributed by atoms with E-state index in [9.17, 15) is 15.3 Å². The highest BCUT2D eigenvalue weighted by molar-refractivity contribution is 9.10. The number of benzene rings is 1.